The summed E-state index contributed by atoms with van der Waals surface area (Å²) in [4.78, 5) is 13.1. The van der Waals surface area contributed by atoms with E-state index in [1.54, 1.807) is 0 Å². The largest absolute Gasteiger partial charge is 0.375 e. The molecule has 0 heterocycles. The zero-order chi connectivity index (χ0) is 11.8. The van der Waals surface area contributed by atoms with Crippen molar-refractivity contribution in [1.29, 1.82) is 0 Å². The molecule has 1 aromatic carbocycles. The van der Waals surface area contributed by atoms with E-state index in [1.807, 2.05) is 25.2 Å². The van der Waals surface area contributed by atoms with E-state index < -0.39 is 0 Å². The highest BCUT2D eigenvalue weighted by atomic mass is 16.1. The van der Waals surface area contributed by atoms with Crippen molar-refractivity contribution in [3.05, 3.63) is 43.0 Å². The summed E-state index contributed by atoms with van der Waals surface area (Å²) in [6.07, 6.45) is 2.21. The number of amides is 1. The molecule has 86 valence electrons. The van der Waals surface area contributed by atoms with Crippen molar-refractivity contribution in [2.24, 2.45) is 0 Å². The Morgan fingerprint density at radius 3 is 2.75 bits per heavy atom. The normalized spacial score (nSPS) is 9.56. The molecule has 1 rings (SSSR count). The van der Waals surface area contributed by atoms with Gasteiger partial charge in [-0.25, -0.2) is 0 Å². The lowest BCUT2D eigenvalue weighted by Gasteiger charge is -2.18. The summed E-state index contributed by atoms with van der Waals surface area (Å²) in [5.41, 5.74) is 1.19. The maximum absolute atomic E-state index is 10.9. The molecular weight excluding hydrogens is 200 g/mol. The molecule has 1 aromatic rings. The van der Waals surface area contributed by atoms with E-state index in [2.05, 4.69) is 28.9 Å². The number of hydrogen-bond acceptors (Lipinski definition) is 2. The Morgan fingerprint density at radius 1 is 1.44 bits per heavy atom. The summed E-state index contributed by atoms with van der Waals surface area (Å²) in [5, 5.41) is 2.76. The first-order valence-corrected chi connectivity index (χ1v) is 5.40. The van der Waals surface area contributed by atoms with Crippen LogP contribution in [0.15, 0.2) is 43.0 Å². The summed E-state index contributed by atoms with van der Waals surface area (Å²) in [7, 11) is 2.05. The number of carbonyl (C=O) groups excluding carboxylic acids is 1. The molecule has 0 saturated carbocycles. The van der Waals surface area contributed by atoms with Crippen LogP contribution in [-0.2, 0) is 4.79 Å². The molecular formula is C13H18N2O. The summed E-state index contributed by atoms with van der Waals surface area (Å²) >= 11 is 0. The van der Waals surface area contributed by atoms with Crippen LogP contribution in [0.3, 0.4) is 0 Å². The van der Waals surface area contributed by atoms with Crippen LogP contribution in [0.4, 0.5) is 5.69 Å². The lowest BCUT2D eigenvalue weighted by atomic mass is 10.3. The predicted molar refractivity (Wildman–Crippen MR) is 67.5 cm³/mol. The van der Waals surface area contributed by atoms with Crippen molar-refractivity contribution < 1.29 is 4.79 Å². The van der Waals surface area contributed by atoms with E-state index in [4.69, 9.17) is 0 Å². The summed E-state index contributed by atoms with van der Waals surface area (Å²) < 4.78 is 0. The molecule has 0 aliphatic rings. The smallest absolute Gasteiger partial charge is 0.243 e. The number of carbonyl (C=O) groups is 1. The minimum absolute atomic E-state index is 0.109. The first-order chi connectivity index (χ1) is 7.74. The molecule has 3 nitrogen and oxygen atoms in total. The third kappa shape index (κ3) is 4.17. The molecule has 0 radical (unpaired) electrons. The minimum atomic E-state index is -0.109. The van der Waals surface area contributed by atoms with Gasteiger partial charge in [-0.05, 0) is 24.6 Å². The number of para-hydroxylation sites is 1. The molecule has 0 unspecified atom stereocenters. The average molecular weight is 218 g/mol. The molecule has 0 bridgehead atoms. The number of benzene rings is 1. The summed E-state index contributed by atoms with van der Waals surface area (Å²) in [6.45, 7) is 5.00. The zero-order valence-electron chi connectivity index (χ0n) is 9.65. The van der Waals surface area contributed by atoms with Crippen LogP contribution in [0.1, 0.15) is 6.42 Å². The highest BCUT2D eigenvalue weighted by Gasteiger charge is 1.99. The van der Waals surface area contributed by atoms with Gasteiger partial charge in [0.2, 0.25) is 5.91 Å². The molecule has 0 saturated heterocycles. The van der Waals surface area contributed by atoms with Crippen molar-refractivity contribution in [2.45, 2.75) is 6.42 Å². The number of rotatable bonds is 6. The van der Waals surface area contributed by atoms with Gasteiger partial charge in [0.15, 0.2) is 0 Å². The number of hydrogen-bond donors (Lipinski definition) is 1. The van der Waals surface area contributed by atoms with E-state index in [-0.39, 0.29) is 5.91 Å². The lowest BCUT2D eigenvalue weighted by Crippen LogP contribution is -2.26. The molecule has 0 spiro atoms. The van der Waals surface area contributed by atoms with Crippen molar-refractivity contribution in [3.63, 3.8) is 0 Å². The van der Waals surface area contributed by atoms with Crippen LogP contribution >= 0.6 is 0 Å². The molecule has 0 aliphatic heterocycles. The van der Waals surface area contributed by atoms with Crippen molar-refractivity contribution in [1.82, 2.24) is 5.32 Å². The van der Waals surface area contributed by atoms with Gasteiger partial charge in [-0.15, -0.1) is 0 Å². The van der Waals surface area contributed by atoms with E-state index >= 15 is 0 Å². The Labute approximate surface area is 96.8 Å². The molecule has 3 heteroatoms. The fraction of sp³-hybridized carbons (Fsp3) is 0.308. The highest BCUT2D eigenvalue weighted by molar-refractivity contribution is 5.86. The number of anilines is 1. The SMILES string of the molecule is C=CC(=O)NCCCN(C)c1ccccc1. The quantitative estimate of drug-likeness (QED) is 0.583. The summed E-state index contributed by atoms with van der Waals surface area (Å²) in [6, 6.07) is 10.2. The topological polar surface area (TPSA) is 32.3 Å². The van der Waals surface area contributed by atoms with Crippen LogP contribution in [0.2, 0.25) is 0 Å². The molecule has 0 aromatic heterocycles. The van der Waals surface area contributed by atoms with E-state index in [1.165, 1.54) is 11.8 Å². The average Bonchev–Trinajstić information content (AvgIpc) is 2.35. The van der Waals surface area contributed by atoms with Crippen LogP contribution in [-0.4, -0.2) is 26.0 Å². The van der Waals surface area contributed by atoms with Gasteiger partial charge in [0, 0.05) is 25.8 Å². The molecule has 16 heavy (non-hydrogen) atoms. The van der Waals surface area contributed by atoms with E-state index in [0.717, 1.165) is 13.0 Å². The van der Waals surface area contributed by atoms with Crippen molar-refractivity contribution in [3.8, 4) is 0 Å². The zero-order valence-corrected chi connectivity index (χ0v) is 9.65. The molecule has 0 atom stereocenters. The Bertz CT molecular complexity index is 335. The first kappa shape index (κ1) is 12.3. The molecule has 1 N–H and O–H groups in total. The maximum atomic E-state index is 10.9. The molecule has 0 aliphatic carbocycles. The summed E-state index contributed by atoms with van der Waals surface area (Å²) in [5.74, 6) is -0.109. The fourth-order valence-corrected chi connectivity index (χ4v) is 1.41. The van der Waals surface area contributed by atoms with Gasteiger partial charge >= 0.3 is 0 Å². The van der Waals surface area contributed by atoms with Crippen LogP contribution in [0, 0.1) is 0 Å². The Hall–Kier alpha value is -1.77. The monoisotopic (exact) mass is 218 g/mol. The van der Waals surface area contributed by atoms with Crippen LogP contribution < -0.4 is 10.2 Å². The van der Waals surface area contributed by atoms with Crippen molar-refractivity contribution in [2.75, 3.05) is 25.0 Å². The standard InChI is InChI=1S/C13H18N2O/c1-3-13(16)14-10-7-11-15(2)12-8-5-4-6-9-12/h3-6,8-9H,1,7,10-11H2,2H3,(H,14,16). The van der Waals surface area contributed by atoms with Gasteiger partial charge in [0.05, 0.1) is 0 Å². The fourth-order valence-electron chi connectivity index (χ4n) is 1.41. The maximum Gasteiger partial charge on any atom is 0.243 e. The minimum Gasteiger partial charge on any atom is -0.375 e. The third-order valence-corrected chi connectivity index (χ3v) is 2.35. The van der Waals surface area contributed by atoms with Crippen LogP contribution in [0.5, 0.6) is 0 Å². The first-order valence-electron chi connectivity index (χ1n) is 5.40. The number of nitrogens with one attached hydrogen (secondary N) is 1. The van der Waals surface area contributed by atoms with E-state index in [9.17, 15) is 4.79 Å². The molecule has 1 amide bonds. The second-order valence-corrected chi connectivity index (χ2v) is 3.61. The Balaban J connectivity index is 2.23. The number of nitrogens with zero attached hydrogens (tertiary/aromatic N) is 1. The van der Waals surface area contributed by atoms with Gasteiger partial charge in [-0.3, -0.25) is 4.79 Å². The second-order valence-electron chi connectivity index (χ2n) is 3.61. The molecule has 0 fully saturated rings. The van der Waals surface area contributed by atoms with Gasteiger partial charge in [0.25, 0.3) is 0 Å². The van der Waals surface area contributed by atoms with Crippen molar-refractivity contribution >= 4 is 11.6 Å². The highest BCUT2D eigenvalue weighted by Crippen LogP contribution is 2.10. The van der Waals surface area contributed by atoms with Gasteiger partial charge in [-0.1, -0.05) is 24.8 Å². The second kappa shape index (κ2) is 6.67. The van der Waals surface area contributed by atoms with Gasteiger partial charge < -0.3 is 10.2 Å². The lowest BCUT2D eigenvalue weighted by molar-refractivity contribution is -0.116. The van der Waals surface area contributed by atoms with Gasteiger partial charge in [0.1, 0.15) is 0 Å². The Kier molecular flexibility index (Phi) is 5.12. The predicted octanol–water partition coefficient (Wildman–Crippen LogP) is 1.82. The third-order valence-electron chi connectivity index (χ3n) is 2.35. The van der Waals surface area contributed by atoms with Crippen LogP contribution in [0.25, 0.3) is 0 Å². The Morgan fingerprint density at radius 2 is 2.12 bits per heavy atom. The van der Waals surface area contributed by atoms with E-state index in [0.29, 0.717) is 6.54 Å². The van der Waals surface area contributed by atoms with Gasteiger partial charge in [-0.2, -0.15) is 0 Å².